The number of halogens is 1. The van der Waals surface area contributed by atoms with Crippen molar-refractivity contribution < 1.29 is 14.3 Å². The lowest BCUT2D eigenvalue weighted by Gasteiger charge is -2.17. The molecule has 0 atom stereocenters. The van der Waals surface area contributed by atoms with Crippen molar-refractivity contribution in [2.45, 2.75) is 39.0 Å². The number of hydrogen-bond donors (Lipinski definition) is 0. The zero-order valence-corrected chi connectivity index (χ0v) is 15.5. The summed E-state index contributed by atoms with van der Waals surface area (Å²) in [7, 11) is 0. The fourth-order valence-electron chi connectivity index (χ4n) is 2.54. The van der Waals surface area contributed by atoms with Gasteiger partial charge in [-0.1, -0.05) is 56.5 Å². The van der Waals surface area contributed by atoms with Crippen LogP contribution in [0.15, 0.2) is 34.0 Å². The number of carbonyl (C=O) groups excluding carboxylic acids is 2. The third-order valence-electron chi connectivity index (χ3n) is 3.80. The minimum absolute atomic E-state index is 0.0939. The molecule has 1 aromatic rings. The molecule has 1 fully saturated rings. The third kappa shape index (κ3) is 4.80. The fourth-order valence-corrected chi connectivity index (χ4v) is 3.59. The molecule has 2 rings (SSSR count). The van der Waals surface area contributed by atoms with E-state index in [1.165, 1.54) is 0 Å². The van der Waals surface area contributed by atoms with E-state index in [2.05, 4.69) is 29.5 Å². The van der Waals surface area contributed by atoms with Crippen molar-refractivity contribution in [3.05, 3.63) is 39.6 Å². The van der Waals surface area contributed by atoms with E-state index < -0.39 is 0 Å². The standard InChI is InChI=1S/C18H22INO3/c1-2-3-4-8-11-15(21)16(14-9-6-5-7-10-14)17(19)20-12-13-23-18(20)22/h5-7,9-10H,2-4,8,11-13H2,1H3/b17-16+. The van der Waals surface area contributed by atoms with Crippen LogP contribution in [-0.4, -0.2) is 29.9 Å². The highest BCUT2D eigenvalue weighted by molar-refractivity contribution is 14.1. The lowest BCUT2D eigenvalue weighted by molar-refractivity contribution is -0.113. The Kier molecular flexibility index (Phi) is 7.08. The van der Waals surface area contributed by atoms with Crippen LogP contribution in [0.4, 0.5) is 4.79 Å². The second-order valence-electron chi connectivity index (χ2n) is 5.53. The van der Waals surface area contributed by atoms with Gasteiger partial charge in [-0.15, -0.1) is 0 Å². The van der Waals surface area contributed by atoms with E-state index in [-0.39, 0.29) is 11.9 Å². The summed E-state index contributed by atoms with van der Waals surface area (Å²) in [4.78, 5) is 26.1. The third-order valence-corrected chi connectivity index (χ3v) is 4.92. The molecule has 1 aliphatic rings. The van der Waals surface area contributed by atoms with Crippen LogP contribution in [0, 0.1) is 0 Å². The predicted octanol–water partition coefficient (Wildman–Crippen LogP) is 4.78. The van der Waals surface area contributed by atoms with E-state index >= 15 is 0 Å². The number of ketones is 1. The monoisotopic (exact) mass is 427 g/mol. The van der Waals surface area contributed by atoms with Crippen molar-refractivity contribution in [1.82, 2.24) is 4.90 Å². The highest BCUT2D eigenvalue weighted by Gasteiger charge is 2.28. The molecule has 0 N–H and O–H groups in total. The van der Waals surface area contributed by atoms with Gasteiger partial charge in [-0.25, -0.2) is 4.79 Å². The first kappa shape index (κ1) is 18.0. The van der Waals surface area contributed by atoms with Crippen molar-refractivity contribution in [2.75, 3.05) is 13.2 Å². The molecule has 0 saturated carbocycles. The van der Waals surface area contributed by atoms with Gasteiger partial charge in [0.2, 0.25) is 0 Å². The van der Waals surface area contributed by atoms with Gasteiger partial charge in [0.1, 0.15) is 6.61 Å². The first-order valence-electron chi connectivity index (χ1n) is 8.07. The van der Waals surface area contributed by atoms with E-state index in [1.807, 2.05) is 30.3 Å². The van der Waals surface area contributed by atoms with E-state index in [9.17, 15) is 9.59 Å². The first-order valence-corrected chi connectivity index (χ1v) is 9.15. The molecule has 4 nitrogen and oxygen atoms in total. The smallest absolute Gasteiger partial charge is 0.414 e. The zero-order chi connectivity index (χ0) is 16.7. The van der Waals surface area contributed by atoms with Crippen LogP contribution >= 0.6 is 22.6 Å². The molecule has 1 amide bonds. The molecule has 1 heterocycles. The number of ether oxygens (including phenoxy) is 1. The van der Waals surface area contributed by atoms with Crippen LogP contribution in [0.3, 0.4) is 0 Å². The van der Waals surface area contributed by atoms with Gasteiger partial charge in [-0.2, -0.15) is 0 Å². The van der Waals surface area contributed by atoms with Gasteiger partial charge < -0.3 is 4.74 Å². The van der Waals surface area contributed by atoms with Crippen LogP contribution in [0.2, 0.25) is 0 Å². The summed E-state index contributed by atoms with van der Waals surface area (Å²) in [5, 5.41) is 0. The molecule has 5 heteroatoms. The van der Waals surface area contributed by atoms with Crippen molar-refractivity contribution in [3.8, 4) is 0 Å². The predicted molar refractivity (Wildman–Crippen MR) is 99.2 cm³/mol. The summed E-state index contributed by atoms with van der Waals surface area (Å²) in [5.41, 5.74) is 1.48. The number of nitrogens with zero attached hydrogens (tertiary/aromatic N) is 1. The maximum atomic E-state index is 12.8. The molecule has 0 bridgehead atoms. The maximum Gasteiger partial charge on any atom is 0.414 e. The normalized spacial score (nSPS) is 15.4. The highest BCUT2D eigenvalue weighted by Crippen LogP contribution is 2.30. The van der Waals surface area contributed by atoms with Gasteiger partial charge in [0.15, 0.2) is 5.78 Å². The van der Waals surface area contributed by atoms with Crippen molar-refractivity contribution in [3.63, 3.8) is 0 Å². The van der Waals surface area contributed by atoms with Gasteiger partial charge in [-0.05, 0) is 34.6 Å². The molecule has 23 heavy (non-hydrogen) atoms. The van der Waals surface area contributed by atoms with Crippen LogP contribution in [-0.2, 0) is 9.53 Å². The molecular weight excluding hydrogens is 405 g/mol. The number of hydrogen-bond acceptors (Lipinski definition) is 3. The van der Waals surface area contributed by atoms with Gasteiger partial charge in [0.25, 0.3) is 0 Å². The fraction of sp³-hybridized carbons (Fsp3) is 0.444. The molecule has 0 aliphatic carbocycles. The minimum Gasteiger partial charge on any atom is -0.447 e. The van der Waals surface area contributed by atoms with Gasteiger partial charge in [-0.3, -0.25) is 9.69 Å². The van der Waals surface area contributed by atoms with Crippen molar-refractivity contribution in [1.29, 1.82) is 0 Å². The SMILES string of the molecule is CCCCCCC(=O)/C(=C(\I)N1CCOC1=O)c1ccccc1. The van der Waals surface area contributed by atoms with Crippen LogP contribution in [0.1, 0.15) is 44.6 Å². The largest absolute Gasteiger partial charge is 0.447 e. The van der Waals surface area contributed by atoms with Gasteiger partial charge in [0, 0.05) is 6.42 Å². The lowest BCUT2D eigenvalue weighted by Crippen LogP contribution is -2.23. The van der Waals surface area contributed by atoms with E-state index in [1.54, 1.807) is 4.90 Å². The number of rotatable bonds is 8. The van der Waals surface area contributed by atoms with Crippen LogP contribution in [0.5, 0.6) is 0 Å². The Morgan fingerprint density at radius 1 is 1.22 bits per heavy atom. The van der Waals surface area contributed by atoms with Gasteiger partial charge >= 0.3 is 6.09 Å². The van der Waals surface area contributed by atoms with E-state index in [0.29, 0.717) is 28.8 Å². The number of carbonyl (C=O) groups is 2. The summed E-state index contributed by atoms with van der Waals surface area (Å²) in [6.45, 7) is 3.02. The number of cyclic esters (lactones) is 1. The van der Waals surface area contributed by atoms with Crippen LogP contribution in [0.25, 0.3) is 5.57 Å². The second kappa shape index (κ2) is 9.05. The summed E-state index contributed by atoms with van der Waals surface area (Å²) in [5.74, 6) is 0.0939. The molecular formula is C18H22INO3. The Labute approximate surface area is 151 Å². The number of Topliss-reactive ketones (excluding diaryl/α,β-unsaturated/α-hetero) is 1. The zero-order valence-electron chi connectivity index (χ0n) is 13.4. The number of benzene rings is 1. The Bertz CT molecular complexity index is 583. The quantitative estimate of drug-likeness (QED) is 0.260. The molecule has 1 aliphatic heterocycles. The van der Waals surface area contributed by atoms with Gasteiger partial charge in [0.05, 0.1) is 15.8 Å². The summed E-state index contributed by atoms with van der Waals surface area (Å²) in [6.07, 6.45) is 4.38. The number of unbranched alkanes of at least 4 members (excludes halogenated alkanes) is 3. The molecule has 1 aromatic carbocycles. The van der Waals surface area contributed by atoms with E-state index in [0.717, 1.165) is 31.2 Å². The van der Waals surface area contributed by atoms with Crippen molar-refractivity contribution in [2.24, 2.45) is 0 Å². The Balaban J connectivity index is 2.25. The first-order chi connectivity index (χ1) is 11.1. The molecule has 124 valence electrons. The Morgan fingerprint density at radius 2 is 1.96 bits per heavy atom. The summed E-state index contributed by atoms with van der Waals surface area (Å²) < 4.78 is 5.67. The Morgan fingerprint density at radius 3 is 2.57 bits per heavy atom. The van der Waals surface area contributed by atoms with Crippen LogP contribution < -0.4 is 0 Å². The topological polar surface area (TPSA) is 46.6 Å². The second-order valence-corrected chi connectivity index (χ2v) is 6.55. The molecule has 0 aromatic heterocycles. The number of allylic oxidation sites excluding steroid dienone is 1. The summed E-state index contributed by atoms with van der Waals surface area (Å²) >= 11 is 2.09. The minimum atomic E-state index is -0.374. The molecule has 0 radical (unpaired) electrons. The summed E-state index contributed by atoms with van der Waals surface area (Å²) in [6, 6.07) is 9.57. The maximum absolute atomic E-state index is 12.8. The molecule has 1 saturated heterocycles. The molecule has 0 spiro atoms. The highest BCUT2D eigenvalue weighted by atomic mass is 127. The Hall–Kier alpha value is -1.37. The van der Waals surface area contributed by atoms with E-state index in [4.69, 9.17) is 4.74 Å². The van der Waals surface area contributed by atoms with Crippen molar-refractivity contribution >= 4 is 40.0 Å². The lowest BCUT2D eigenvalue weighted by atomic mass is 9.98. The molecule has 0 unspecified atom stereocenters. The average molecular weight is 427 g/mol. The number of amides is 1. The average Bonchev–Trinajstić information content (AvgIpc) is 2.99.